The Bertz CT molecular complexity index is 664. The summed E-state index contributed by atoms with van der Waals surface area (Å²) in [6, 6.07) is 7.92. The zero-order chi connectivity index (χ0) is 16.1. The third-order valence-electron chi connectivity index (χ3n) is 4.01. The molecular formula is C16H21N5O2. The average molecular weight is 315 g/mol. The molecule has 1 saturated heterocycles. The first kappa shape index (κ1) is 15.5. The van der Waals surface area contributed by atoms with Gasteiger partial charge in [0.2, 0.25) is 0 Å². The normalized spacial score (nSPS) is 15.3. The lowest BCUT2D eigenvalue weighted by molar-refractivity contribution is 0.0945. The highest BCUT2D eigenvalue weighted by Gasteiger charge is 2.18. The standard InChI is InChI=1S/C16H21N5O2/c1-23-14-4-2-3-12(9-14)10-18-16(22)15-11-21(20-19-15)13-5-7-17-8-6-13/h2-4,9,11,13,17H,5-8,10H2,1H3,(H,18,22). The van der Waals surface area contributed by atoms with Crippen molar-refractivity contribution >= 4 is 5.91 Å². The predicted octanol–water partition coefficient (Wildman–Crippen LogP) is 1.14. The van der Waals surface area contributed by atoms with Crippen LogP contribution in [-0.2, 0) is 6.54 Å². The first-order valence-electron chi connectivity index (χ1n) is 7.80. The molecule has 1 aromatic carbocycles. The van der Waals surface area contributed by atoms with E-state index in [0.717, 1.165) is 37.2 Å². The van der Waals surface area contributed by atoms with Crippen molar-refractivity contribution in [3.63, 3.8) is 0 Å². The number of amides is 1. The SMILES string of the molecule is COc1cccc(CNC(=O)c2cn(C3CCNCC3)nn2)c1. The molecule has 0 unspecified atom stereocenters. The van der Waals surface area contributed by atoms with Crippen molar-refractivity contribution in [2.75, 3.05) is 20.2 Å². The molecule has 1 aromatic heterocycles. The fraction of sp³-hybridized carbons (Fsp3) is 0.438. The molecule has 1 aliphatic heterocycles. The van der Waals surface area contributed by atoms with Gasteiger partial charge in [-0.15, -0.1) is 5.10 Å². The summed E-state index contributed by atoms with van der Waals surface area (Å²) in [6.07, 6.45) is 3.75. The van der Waals surface area contributed by atoms with Crippen molar-refractivity contribution in [2.24, 2.45) is 0 Å². The molecule has 2 heterocycles. The number of hydrogen-bond donors (Lipinski definition) is 2. The van der Waals surface area contributed by atoms with Gasteiger partial charge in [0, 0.05) is 6.54 Å². The second-order valence-electron chi connectivity index (χ2n) is 5.60. The van der Waals surface area contributed by atoms with Crippen LogP contribution in [0.15, 0.2) is 30.5 Å². The van der Waals surface area contributed by atoms with Crippen LogP contribution in [0.2, 0.25) is 0 Å². The van der Waals surface area contributed by atoms with Crippen molar-refractivity contribution in [2.45, 2.75) is 25.4 Å². The van der Waals surface area contributed by atoms with Crippen LogP contribution in [-0.4, -0.2) is 41.1 Å². The van der Waals surface area contributed by atoms with Gasteiger partial charge in [-0.1, -0.05) is 17.3 Å². The fourth-order valence-corrected chi connectivity index (χ4v) is 2.69. The van der Waals surface area contributed by atoms with Gasteiger partial charge in [0.25, 0.3) is 5.91 Å². The summed E-state index contributed by atoms with van der Waals surface area (Å²) < 4.78 is 6.98. The van der Waals surface area contributed by atoms with Crippen LogP contribution < -0.4 is 15.4 Å². The summed E-state index contributed by atoms with van der Waals surface area (Å²) in [4.78, 5) is 12.2. The molecule has 0 aliphatic carbocycles. The summed E-state index contributed by atoms with van der Waals surface area (Å²) in [5.41, 5.74) is 1.33. The van der Waals surface area contributed by atoms with Crippen molar-refractivity contribution in [1.29, 1.82) is 0 Å². The Morgan fingerprint density at radius 1 is 1.43 bits per heavy atom. The molecule has 7 nitrogen and oxygen atoms in total. The Balaban J connectivity index is 1.58. The van der Waals surface area contributed by atoms with Crippen LogP contribution in [0, 0.1) is 0 Å². The Kier molecular flexibility index (Phi) is 4.87. The zero-order valence-corrected chi connectivity index (χ0v) is 13.2. The molecule has 0 saturated carbocycles. The summed E-state index contributed by atoms with van der Waals surface area (Å²) in [6.45, 7) is 2.38. The summed E-state index contributed by atoms with van der Waals surface area (Å²) in [5, 5.41) is 14.3. The van der Waals surface area contributed by atoms with Crippen LogP contribution >= 0.6 is 0 Å². The van der Waals surface area contributed by atoms with E-state index < -0.39 is 0 Å². The quantitative estimate of drug-likeness (QED) is 0.865. The van der Waals surface area contributed by atoms with E-state index in [9.17, 15) is 4.79 Å². The van der Waals surface area contributed by atoms with E-state index >= 15 is 0 Å². The van der Waals surface area contributed by atoms with Gasteiger partial charge < -0.3 is 15.4 Å². The van der Waals surface area contributed by atoms with Gasteiger partial charge in [-0.25, -0.2) is 4.68 Å². The van der Waals surface area contributed by atoms with E-state index in [2.05, 4.69) is 20.9 Å². The van der Waals surface area contributed by atoms with Crippen molar-refractivity contribution in [1.82, 2.24) is 25.6 Å². The Morgan fingerprint density at radius 2 is 2.26 bits per heavy atom. The van der Waals surface area contributed by atoms with Gasteiger partial charge in [-0.3, -0.25) is 4.79 Å². The lowest BCUT2D eigenvalue weighted by atomic mass is 10.1. The first-order valence-corrected chi connectivity index (χ1v) is 7.80. The van der Waals surface area contributed by atoms with Gasteiger partial charge in [0.05, 0.1) is 19.3 Å². The lowest BCUT2D eigenvalue weighted by Gasteiger charge is -2.22. The minimum absolute atomic E-state index is 0.215. The maximum Gasteiger partial charge on any atom is 0.273 e. The molecule has 0 radical (unpaired) electrons. The molecule has 1 fully saturated rings. The highest BCUT2D eigenvalue weighted by atomic mass is 16.5. The lowest BCUT2D eigenvalue weighted by Crippen LogP contribution is -2.29. The summed E-state index contributed by atoms with van der Waals surface area (Å²) >= 11 is 0. The minimum atomic E-state index is -0.215. The van der Waals surface area contributed by atoms with Crippen LogP contribution in [0.5, 0.6) is 5.75 Å². The molecule has 1 amide bonds. The van der Waals surface area contributed by atoms with Crippen LogP contribution in [0.4, 0.5) is 0 Å². The number of nitrogens with one attached hydrogen (secondary N) is 2. The van der Waals surface area contributed by atoms with Gasteiger partial charge >= 0.3 is 0 Å². The molecule has 3 rings (SSSR count). The van der Waals surface area contributed by atoms with Crippen molar-refractivity contribution < 1.29 is 9.53 Å². The number of methoxy groups -OCH3 is 1. The van der Waals surface area contributed by atoms with Gasteiger partial charge in [-0.2, -0.15) is 0 Å². The molecule has 23 heavy (non-hydrogen) atoms. The average Bonchev–Trinajstić information content (AvgIpc) is 3.11. The maximum absolute atomic E-state index is 12.2. The molecule has 0 atom stereocenters. The molecule has 0 spiro atoms. The van der Waals surface area contributed by atoms with Crippen LogP contribution in [0.25, 0.3) is 0 Å². The third kappa shape index (κ3) is 3.87. The topological polar surface area (TPSA) is 81.1 Å². The number of ether oxygens (including phenoxy) is 1. The number of carbonyl (C=O) groups excluding carboxylic acids is 1. The molecule has 7 heteroatoms. The Morgan fingerprint density at radius 3 is 3.04 bits per heavy atom. The summed E-state index contributed by atoms with van der Waals surface area (Å²) in [5.74, 6) is 0.557. The summed E-state index contributed by atoms with van der Waals surface area (Å²) in [7, 11) is 1.62. The monoisotopic (exact) mass is 315 g/mol. The minimum Gasteiger partial charge on any atom is -0.497 e. The van der Waals surface area contributed by atoms with E-state index in [4.69, 9.17) is 4.74 Å². The smallest absolute Gasteiger partial charge is 0.273 e. The van der Waals surface area contributed by atoms with E-state index in [1.54, 1.807) is 18.0 Å². The van der Waals surface area contributed by atoms with Gasteiger partial charge in [0.1, 0.15) is 5.75 Å². The second kappa shape index (κ2) is 7.23. The number of nitrogens with zero attached hydrogens (tertiary/aromatic N) is 3. The number of hydrogen-bond acceptors (Lipinski definition) is 5. The van der Waals surface area contributed by atoms with Gasteiger partial charge in [-0.05, 0) is 43.6 Å². The van der Waals surface area contributed by atoms with E-state index in [1.165, 1.54) is 0 Å². The van der Waals surface area contributed by atoms with Crippen LogP contribution in [0.1, 0.15) is 34.9 Å². The first-order chi connectivity index (χ1) is 11.3. The van der Waals surface area contributed by atoms with E-state index in [1.807, 2.05) is 24.3 Å². The van der Waals surface area contributed by atoms with Crippen molar-refractivity contribution in [3.8, 4) is 5.75 Å². The fourth-order valence-electron chi connectivity index (χ4n) is 2.69. The Labute approximate surface area is 135 Å². The third-order valence-corrected chi connectivity index (χ3v) is 4.01. The highest BCUT2D eigenvalue weighted by Crippen LogP contribution is 2.17. The van der Waals surface area contributed by atoms with E-state index in [0.29, 0.717) is 18.3 Å². The number of carbonyl (C=O) groups is 1. The van der Waals surface area contributed by atoms with Gasteiger partial charge in [0.15, 0.2) is 5.69 Å². The molecule has 122 valence electrons. The number of aromatic nitrogens is 3. The molecular weight excluding hydrogens is 294 g/mol. The van der Waals surface area contributed by atoms with E-state index in [-0.39, 0.29) is 5.91 Å². The maximum atomic E-state index is 12.2. The number of rotatable bonds is 5. The predicted molar refractivity (Wildman–Crippen MR) is 85.3 cm³/mol. The molecule has 2 aromatic rings. The Hall–Kier alpha value is -2.41. The number of benzene rings is 1. The number of piperidine rings is 1. The second-order valence-corrected chi connectivity index (χ2v) is 5.60. The zero-order valence-electron chi connectivity index (χ0n) is 13.2. The molecule has 0 bridgehead atoms. The molecule has 2 N–H and O–H groups in total. The van der Waals surface area contributed by atoms with Crippen LogP contribution in [0.3, 0.4) is 0 Å². The highest BCUT2D eigenvalue weighted by molar-refractivity contribution is 5.91. The van der Waals surface area contributed by atoms with Crippen molar-refractivity contribution in [3.05, 3.63) is 41.7 Å². The molecule has 1 aliphatic rings. The largest absolute Gasteiger partial charge is 0.497 e.